The highest BCUT2D eigenvalue weighted by molar-refractivity contribution is 7.99. The molecule has 0 unspecified atom stereocenters. The quantitative estimate of drug-likeness (QED) is 0.644. The van der Waals surface area contributed by atoms with E-state index in [9.17, 15) is 4.79 Å². The van der Waals surface area contributed by atoms with Gasteiger partial charge in [0.15, 0.2) is 0 Å². The van der Waals surface area contributed by atoms with Gasteiger partial charge >= 0.3 is 0 Å². The van der Waals surface area contributed by atoms with Crippen LogP contribution in [0, 0.1) is 20.8 Å². The molecule has 4 heteroatoms. The second-order valence-corrected chi connectivity index (χ2v) is 6.68. The average molecular weight is 326 g/mol. The number of hydrogen-bond acceptors (Lipinski definition) is 3. The Labute approximate surface area is 142 Å². The van der Waals surface area contributed by atoms with Crippen LogP contribution >= 0.6 is 11.8 Å². The van der Waals surface area contributed by atoms with Gasteiger partial charge in [-0.25, -0.2) is 5.43 Å². The molecule has 0 aliphatic carbocycles. The zero-order valence-corrected chi connectivity index (χ0v) is 14.6. The molecule has 0 atom stereocenters. The zero-order chi connectivity index (χ0) is 16.7. The van der Waals surface area contributed by atoms with Crippen molar-refractivity contribution in [2.24, 2.45) is 5.10 Å². The van der Waals surface area contributed by atoms with Gasteiger partial charge in [0.1, 0.15) is 0 Å². The molecule has 120 valence electrons. The Hall–Kier alpha value is -2.07. The first-order valence-corrected chi connectivity index (χ1v) is 8.72. The standard InChI is InChI=1S/C19H22N2OS/c1-14-4-6-17(7-5-14)11-20-21-19(22)13-23-12-18-9-15(2)8-16(3)10-18/h4-11H,12-13H2,1-3H3,(H,21,22)/b20-11-. The van der Waals surface area contributed by atoms with Crippen molar-refractivity contribution in [2.75, 3.05) is 5.75 Å². The van der Waals surface area contributed by atoms with Gasteiger partial charge in [0.05, 0.1) is 12.0 Å². The maximum Gasteiger partial charge on any atom is 0.250 e. The van der Waals surface area contributed by atoms with Gasteiger partial charge < -0.3 is 0 Å². The van der Waals surface area contributed by atoms with Crippen LogP contribution in [-0.4, -0.2) is 17.9 Å². The number of amides is 1. The van der Waals surface area contributed by atoms with E-state index in [2.05, 4.69) is 42.6 Å². The molecule has 23 heavy (non-hydrogen) atoms. The first-order valence-electron chi connectivity index (χ1n) is 7.56. The third-order valence-corrected chi connectivity index (χ3v) is 4.27. The second kappa shape index (κ2) is 8.53. The highest BCUT2D eigenvalue weighted by Crippen LogP contribution is 2.15. The SMILES string of the molecule is Cc1ccc(/C=N\NC(=O)CSCc2cc(C)cc(C)c2)cc1. The Morgan fingerprint density at radius 2 is 1.70 bits per heavy atom. The number of benzene rings is 2. The van der Waals surface area contributed by atoms with Crippen LogP contribution in [0.4, 0.5) is 0 Å². The molecule has 2 aromatic carbocycles. The number of carbonyl (C=O) groups excluding carboxylic acids is 1. The molecule has 1 N–H and O–H groups in total. The van der Waals surface area contributed by atoms with E-state index in [0.29, 0.717) is 5.75 Å². The number of carbonyl (C=O) groups is 1. The number of aryl methyl sites for hydroxylation is 3. The average Bonchev–Trinajstić information content (AvgIpc) is 2.48. The summed E-state index contributed by atoms with van der Waals surface area (Å²) in [4.78, 5) is 11.8. The molecule has 0 aromatic heterocycles. The van der Waals surface area contributed by atoms with Crippen LogP contribution in [0.1, 0.15) is 27.8 Å². The normalized spacial score (nSPS) is 10.9. The molecule has 0 saturated heterocycles. The van der Waals surface area contributed by atoms with Gasteiger partial charge in [-0.3, -0.25) is 4.79 Å². The van der Waals surface area contributed by atoms with E-state index in [-0.39, 0.29) is 5.91 Å². The van der Waals surface area contributed by atoms with E-state index in [1.807, 2.05) is 31.2 Å². The van der Waals surface area contributed by atoms with E-state index in [1.54, 1.807) is 18.0 Å². The summed E-state index contributed by atoms with van der Waals surface area (Å²) in [6, 6.07) is 14.5. The van der Waals surface area contributed by atoms with Crippen molar-refractivity contribution in [3.05, 3.63) is 70.3 Å². The fraction of sp³-hybridized carbons (Fsp3) is 0.263. The lowest BCUT2D eigenvalue weighted by molar-refractivity contribution is -0.118. The first kappa shape index (κ1) is 17.3. The second-order valence-electron chi connectivity index (χ2n) is 5.69. The van der Waals surface area contributed by atoms with E-state index in [1.165, 1.54) is 22.3 Å². The number of rotatable bonds is 6. The minimum Gasteiger partial charge on any atom is -0.272 e. The van der Waals surface area contributed by atoms with Gasteiger partial charge in [-0.2, -0.15) is 5.10 Å². The predicted octanol–water partition coefficient (Wildman–Crippen LogP) is 4.00. The molecule has 0 saturated carbocycles. The maximum atomic E-state index is 11.8. The van der Waals surface area contributed by atoms with E-state index >= 15 is 0 Å². The molecule has 0 fully saturated rings. The maximum absolute atomic E-state index is 11.8. The number of nitrogens with one attached hydrogen (secondary N) is 1. The minimum atomic E-state index is -0.0808. The Bertz CT molecular complexity index is 673. The third-order valence-electron chi connectivity index (χ3n) is 3.26. The highest BCUT2D eigenvalue weighted by atomic mass is 32.2. The summed E-state index contributed by atoms with van der Waals surface area (Å²) < 4.78 is 0. The Kier molecular flexibility index (Phi) is 6.41. The number of thioether (sulfide) groups is 1. The molecule has 0 spiro atoms. The third kappa shape index (κ3) is 6.28. The smallest absolute Gasteiger partial charge is 0.250 e. The monoisotopic (exact) mass is 326 g/mol. The van der Waals surface area contributed by atoms with Crippen molar-refractivity contribution in [3.8, 4) is 0 Å². The van der Waals surface area contributed by atoms with Crippen LogP contribution in [0.3, 0.4) is 0 Å². The Morgan fingerprint density at radius 1 is 1.04 bits per heavy atom. The summed E-state index contributed by atoms with van der Waals surface area (Å²) in [6.07, 6.45) is 1.66. The van der Waals surface area contributed by atoms with E-state index in [4.69, 9.17) is 0 Å². The molecule has 0 heterocycles. The molecular weight excluding hydrogens is 304 g/mol. The fourth-order valence-corrected chi connectivity index (χ4v) is 3.03. The van der Waals surface area contributed by atoms with Crippen LogP contribution < -0.4 is 5.43 Å². The minimum absolute atomic E-state index is 0.0808. The molecular formula is C19H22N2OS. The van der Waals surface area contributed by atoms with Crippen LogP contribution in [0.5, 0.6) is 0 Å². The molecule has 2 rings (SSSR count). The topological polar surface area (TPSA) is 41.5 Å². The Morgan fingerprint density at radius 3 is 2.35 bits per heavy atom. The molecule has 1 amide bonds. The number of nitrogens with zero attached hydrogens (tertiary/aromatic N) is 1. The van der Waals surface area contributed by atoms with Gasteiger partial charge in [-0.05, 0) is 31.9 Å². The number of hydrogen-bond donors (Lipinski definition) is 1. The molecule has 2 aromatic rings. The van der Waals surface area contributed by atoms with Crippen LogP contribution in [0.25, 0.3) is 0 Å². The first-order chi connectivity index (χ1) is 11.0. The van der Waals surface area contributed by atoms with Crippen molar-refractivity contribution >= 4 is 23.9 Å². The summed E-state index contributed by atoms with van der Waals surface area (Å²) in [7, 11) is 0. The summed E-state index contributed by atoms with van der Waals surface area (Å²) >= 11 is 1.59. The Balaban J connectivity index is 1.73. The summed E-state index contributed by atoms with van der Waals surface area (Å²) in [5.74, 6) is 1.15. The molecule has 0 radical (unpaired) electrons. The van der Waals surface area contributed by atoms with E-state index in [0.717, 1.165) is 11.3 Å². The fourth-order valence-electron chi connectivity index (χ4n) is 2.28. The van der Waals surface area contributed by atoms with Crippen molar-refractivity contribution < 1.29 is 4.79 Å². The van der Waals surface area contributed by atoms with Gasteiger partial charge in [-0.15, -0.1) is 11.8 Å². The van der Waals surface area contributed by atoms with Crippen molar-refractivity contribution in [1.29, 1.82) is 0 Å². The predicted molar refractivity (Wildman–Crippen MR) is 99.0 cm³/mol. The van der Waals surface area contributed by atoms with Crippen molar-refractivity contribution in [2.45, 2.75) is 26.5 Å². The summed E-state index contributed by atoms with van der Waals surface area (Å²) in [5, 5.41) is 3.99. The van der Waals surface area contributed by atoms with Gasteiger partial charge in [0.2, 0.25) is 5.91 Å². The van der Waals surface area contributed by atoms with Crippen LogP contribution in [0.2, 0.25) is 0 Å². The van der Waals surface area contributed by atoms with Crippen LogP contribution in [-0.2, 0) is 10.5 Å². The summed E-state index contributed by atoms with van der Waals surface area (Å²) in [5.41, 5.74) is 8.51. The summed E-state index contributed by atoms with van der Waals surface area (Å²) in [6.45, 7) is 6.22. The highest BCUT2D eigenvalue weighted by Gasteiger charge is 2.01. The molecule has 3 nitrogen and oxygen atoms in total. The molecule has 0 aliphatic rings. The number of hydrazone groups is 1. The molecule has 0 bridgehead atoms. The van der Waals surface area contributed by atoms with Gasteiger partial charge in [0.25, 0.3) is 0 Å². The van der Waals surface area contributed by atoms with E-state index < -0.39 is 0 Å². The van der Waals surface area contributed by atoms with Crippen LogP contribution in [0.15, 0.2) is 47.6 Å². The zero-order valence-electron chi connectivity index (χ0n) is 13.8. The lowest BCUT2D eigenvalue weighted by Gasteiger charge is -2.04. The lowest BCUT2D eigenvalue weighted by atomic mass is 10.1. The van der Waals surface area contributed by atoms with Gasteiger partial charge in [-0.1, -0.05) is 59.2 Å². The largest absolute Gasteiger partial charge is 0.272 e. The van der Waals surface area contributed by atoms with Crippen molar-refractivity contribution in [1.82, 2.24) is 5.43 Å². The van der Waals surface area contributed by atoms with Gasteiger partial charge in [0, 0.05) is 5.75 Å². The lowest BCUT2D eigenvalue weighted by Crippen LogP contribution is -2.19. The molecule has 0 aliphatic heterocycles. The van der Waals surface area contributed by atoms with Crippen molar-refractivity contribution in [3.63, 3.8) is 0 Å².